The van der Waals surface area contributed by atoms with Crippen LogP contribution >= 0.6 is 0 Å². The highest BCUT2D eigenvalue weighted by Gasteiger charge is 2.18. The Hall–Kier alpha value is -3.66. The van der Waals surface area contributed by atoms with Gasteiger partial charge in [0.2, 0.25) is 5.88 Å². The average Bonchev–Trinajstić information content (AvgIpc) is 3.02. The SMILES string of the molecule is CC(=O)/C(COc1cnc(-c2nnc3n2CCOCC3)cn1)=C(\N)c1ccc(F)cc1. The summed E-state index contributed by atoms with van der Waals surface area (Å²) in [5.41, 5.74) is 7.70. The minimum atomic E-state index is -0.385. The van der Waals surface area contributed by atoms with Crippen molar-refractivity contribution in [1.82, 2.24) is 24.7 Å². The van der Waals surface area contributed by atoms with Crippen LogP contribution in [-0.2, 0) is 22.5 Å². The van der Waals surface area contributed by atoms with E-state index in [1.165, 1.54) is 37.4 Å². The molecule has 0 bridgehead atoms. The number of fused-ring (bicyclic) bond motifs is 1. The number of rotatable bonds is 6. The minimum absolute atomic E-state index is 0.0930. The summed E-state index contributed by atoms with van der Waals surface area (Å²) in [4.78, 5) is 20.7. The van der Waals surface area contributed by atoms with E-state index in [4.69, 9.17) is 15.2 Å². The molecule has 0 atom stereocenters. The zero-order chi connectivity index (χ0) is 21.8. The maximum atomic E-state index is 13.1. The van der Waals surface area contributed by atoms with Crippen molar-refractivity contribution in [3.05, 3.63) is 59.4 Å². The van der Waals surface area contributed by atoms with Crippen LogP contribution in [0.15, 0.2) is 42.2 Å². The van der Waals surface area contributed by atoms with Crippen molar-refractivity contribution in [1.29, 1.82) is 0 Å². The van der Waals surface area contributed by atoms with Gasteiger partial charge in [-0.15, -0.1) is 10.2 Å². The summed E-state index contributed by atoms with van der Waals surface area (Å²) < 4.78 is 26.2. The number of carbonyl (C=O) groups excluding carboxylic acids is 1. The molecule has 2 aromatic heterocycles. The smallest absolute Gasteiger partial charge is 0.232 e. The number of carbonyl (C=O) groups is 1. The maximum Gasteiger partial charge on any atom is 0.232 e. The number of nitrogens with two attached hydrogens (primary N) is 1. The van der Waals surface area contributed by atoms with Crippen molar-refractivity contribution >= 4 is 11.5 Å². The number of hydrogen-bond donors (Lipinski definition) is 1. The molecule has 1 aliphatic rings. The molecule has 3 heterocycles. The fourth-order valence-corrected chi connectivity index (χ4v) is 3.19. The number of ether oxygens (including phenoxy) is 2. The molecule has 0 saturated carbocycles. The average molecular weight is 424 g/mol. The first kappa shape index (κ1) is 20.6. The van der Waals surface area contributed by atoms with Crippen molar-refractivity contribution in [2.24, 2.45) is 5.73 Å². The third-order valence-corrected chi connectivity index (χ3v) is 4.88. The predicted molar refractivity (Wildman–Crippen MR) is 109 cm³/mol. The molecule has 0 aliphatic carbocycles. The number of hydrogen-bond acceptors (Lipinski definition) is 8. The molecule has 3 aromatic rings. The van der Waals surface area contributed by atoms with E-state index < -0.39 is 0 Å². The van der Waals surface area contributed by atoms with Crippen LogP contribution in [0.1, 0.15) is 18.3 Å². The largest absolute Gasteiger partial charge is 0.471 e. The molecule has 10 heteroatoms. The van der Waals surface area contributed by atoms with Crippen LogP contribution in [0.25, 0.3) is 17.2 Å². The first-order valence-electron chi connectivity index (χ1n) is 9.73. The van der Waals surface area contributed by atoms with Gasteiger partial charge in [-0.05, 0) is 36.8 Å². The lowest BCUT2D eigenvalue weighted by Crippen LogP contribution is -2.15. The number of aromatic nitrogens is 5. The van der Waals surface area contributed by atoms with Gasteiger partial charge in [0.15, 0.2) is 11.6 Å². The number of Topliss-reactive ketones (excluding diaryl/α,β-unsaturated/α-hetero) is 1. The predicted octanol–water partition coefficient (Wildman–Crippen LogP) is 1.78. The van der Waals surface area contributed by atoms with Gasteiger partial charge in [0.25, 0.3) is 0 Å². The van der Waals surface area contributed by atoms with Crippen molar-refractivity contribution in [2.75, 3.05) is 19.8 Å². The van der Waals surface area contributed by atoms with E-state index in [0.29, 0.717) is 43.3 Å². The molecule has 9 nitrogen and oxygen atoms in total. The van der Waals surface area contributed by atoms with Gasteiger partial charge in [0, 0.05) is 18.7 Å². The Balaban J connectivity index is 1.50. The fraction of sp³-hybridized carbons (Fsp3) is 0.286. The third-order valence-electron chi connectivity index (χ3n) is 4.88. The second-order valence-corrected chi connectivity index (χ2v) is 6.94. The first-order chi connectivity index (χ1) is 15.0. The molecule has 0 unspecified atom stereocenters. The Morgan fingerprint density at radius 2 is 2.00 bits per heavy atom. The van der Waals surface area contributed by atoms with E-state index in [0.717, 1.165) is 5.82 Å². The van der Waals surface area contributed by atoms with Crippen LogP contribution < -0.4 is 10.5 Å². The summed E-state index contributed by atoms with van der Waals surface area (Å²) in [6.45, 7) is 3.15. The highest BCUT2D eigenvalue weighted by molar-refractivity contribution is 6.00. The van der Waals surface area contributed by atoms with E-state index in [1.54, 1.807) is 6.20 Å². The number of halogens is 1. The molecule has 160 valence electrons. The molecule has 1 aromatic carbocycles. The zero-order valence-corrected chi connectivity index (χ0v) is 16.9. The van der Waals surface area contributed by atoms with Gasteiger partial charge in [0.05, 0.1) is 31.2 Å². The van der Waals surface area contributed by atoms with E-state index in [-0.39, 0.29) is 35.4 Å². The lowest BCUT2D eigenvalue weighted by molar-refractivity contribution is -0.113. The van der Waals surface area contributed by atoms with Crippen molar-refractivity contribution < 1.29 is 18.7 Å². The molecule has 4 rings (SSSR count). The van der Waals surface area contributed by atoms with Crippen molar-refractivity contribution in [3.63, 3.8) is 0 Å². The van der Waals surface area contributed by atoms with Gasteiger partial charge in [-0.25, -0.2) is 14.4 Å². The van der Waals surface area contributed by atoms with E-state index >= 15 is 0 Å². The summed E-state index contributed by atoms with van der Waals surface area (Å²) in [5, 5.41) is 8.42. The van der Waals surface area contributed by atoms with Crippen LogP contribution in [0.4, 0.5) is 4.39 Å². The normalized spacial score (nSPS) is 14.4. The maximum absolute atomic E-state index is 13.1. The summed E-state index contributed by atoms with van der Waals surface area (Å²) in [5.74, 6) is 1.06. The van der Waals surface area contributed by atoms with Crippen molar-refractivity contribution in [3.8, 4) is 17.4 Å². The molecule has 1 aliphatic heterocycles. The standard InChI is InChI=1S/C21H21FN6O3/c1-13(29)16(20(23)14-2-4-15(22)5-3-14)12-31-19-11-24-17(10-25-19)21-27-26-18-6-8-30-9-7-28(18)21/h2-5,10-11H,6-9,12,23H2,1H3/b20-16-. The topological polar surface area (TPSA) is 118 Å². The Bertz CT molecular complexity index is 1110. The Labute approximate surface area is 177 Å². The number of ketones is 1. The van der Waals surface area contributed by atoms with Gasteiger partial charge in [-0.3, -0.25) is 4.79 Å². The number of nitrogens with zero attached hydrogens (tertiary/aromatic N) is 5. The van der Waals surface area contributed by atoms with Gasteiger partial charge in [-0.1, -0.05) is 0 Å². The lowest BCUT2D eigenvalue weighted by Gasteiger charge is -2.11. The zero-order valence-electron chi connectivity index (χ0n) is 16.9. The molecule has 31 heavy (non-hydrogen) atoms. The first-order valence-corrected chi connectivity index (χ1v) is 9.73. The Morgan fingerprint density at radius 1 is 1.19 bits per heavy atom. The van der Waals surface area contributed by atoms with Gasteiger partial charge >= 0.3 is 0 Å². The minimum Gasteiger partial charge on any atom is -0.471 e. The second kappa shape index (κ2) is 9.00. The highest BCUT2D eigenvalue weighted by Crippen LogP contribution is 2.20. The third kappa shape index (κ3) is 4.58. The molecule has 0 saturated heterocycles. The monoisotopic (exact) mass is 424 g/mol. The molecule has 0 fully saturated rings. The van der Waals surface area contributed by atoms with Gasteiger partial charge < -0.3 is 19.8 Å². The molecular formula is C21H21FN6O3. The van der Waals surface area contributed by atoms with Crippen LogP contribution in [0.3, 0.4) is 0 Å². The van der Waals surface area contributed by atoms with Crippen LogP contribution in [0.2, 0.25) is 0 Å². The fourth-order valence-electron chi connectivity index (χ4n) is 3.19. The molecule has 0 amide bonds. The van der Waals surface area contributed by atoms with Crippen LogP contribution in [0.5, 0.6) is 5.88 Å². The van der Waals surface area contributed by atoms with E-state index in [2.05, 4.69) is 20.2 Å². The van der Waals surface area contributed by atoms with Crippen molar-refractivity contribution in [2.45, 2.75) is 19.9 Å². The van der Waals surface area contributed by atoms with Crippen LogP contribution in [0, 0.1) is 5.82 Å². The van der Waals surface area contributed by atoms with E-state index in [9.17, 15) is 9.18 Å². The summed E-state index contributed by atoms with van der Waals surface area (Å²) in [6, 6.07) is 5.58. The lowest BCUT2D eigenvalue weighted by atomic mass is 10.0. The quantitative estimate of drug-likeness (QED) is 0.595. The second-order valence-electron chi connectivity index (χ2n) is 6.94. The Kier molecular flexibility index (Phi) is 5.99. The van der Waals surface area contributed by atoms with Gasteiger partial charge in [-0.2, -0.15) is 0 Å². The van der Waals surface area contributed by atoms with Gasteiger partial charge in [0.1, 0.15) is 23.9 Å². The van der Waals surface area contributed by atoms with E-state index in [1.807, 2.05) is 4.57 Å². The molecule has 0 radical (unpaired) electrons. The summed E-state index contributed by atoms with van der Waals surface area (Å²) in [7, 11) is 0. The summed E-state index contributed by atoms with van der Waals surface area (Å²) >= 11 is 0. The summed E-state index contributed by atoms with van der Waals surface area (Å²) in [6.07, 6.45) is 3.69. The number of benzene rings is 1. The van der Waals surface area contributed by atoms with Crippen LogP contribution in [-0.4, -0.2) is 50.3 Å². The highest BCUT2D eigenvalue weighted by atomic mass is 19.1. The molecule has 2 N–H and O–H groups in total. The Morgan fingerprint density at radius 3 is 2.71 bits per heavy atom. The molecule has 0 spiro atoms. The molecular weight excluding hydrogens is 403 g/mol.